The Balaban J connectivity index is 1.32. The molecule has 1 aliphatic carbocycles. The van der Waals surface area contributed by atoms with E-state index in [4.69, 9.17) is 11.6 Å². The van der Waals surface area contributed by atoms with Crippen molar-refractivity contribution in [2.24, 2.45) is 5.92 Å². The lowest BCUT2D eigenvalue weighted by atomic mass is 9.86. The normalized spacial score (nSPS) is 20.8. The molecule has 6 nitrogen and oxygen atoms in total. The van der Waals surface area contributed by atoms with E-state index >= 15 is 0 Å². The van der Waals surface area contributed by atoms with Gasteiger partial charge in [-0.05, 0) is 72.7 Å². The molecule has 0 radical (unpaired) electrons. The largest absolute Gasteiger partial charge is 0.312 e. The number of carbonyl (C=O) groups excluding carboxylic acids is 1. The SMILES string of the molecule is O=C1C([C@H]2CCc3cc(Cl)ccc32)CCN1c1ccc(S(=O)(=O)Nc2nccs2)cc1. The molecule has 1 N–H and O–H groups in total. The van der Waals surface area contributed by atoms with Crippen LogP contribution in [-0.2, 0) is 21.2 Å². The van der Waals surface area contributed by atoms with Gasteiger partial charge in [-0.2, -0.15) is 0 Å². The Bertz CT molecular complexity index is 1230. The molecule has 1 fully saturated rings. The number of hydrogen-bond donors (Lipinski definition) is 1. The summed E-state index contributed by atoms with van der Waals surface area (Å²) < 4.78 is 27.5. The Morgan fingerprint density at radius 1 is 1.10 bits per heavy atom. The van der Waals surface area contributed by atoms with Gasteiger partial charge in [0.25, 0.3) is 10.0 Å². The first-order valence-corrected chi connectivity index (χ1v) is 12.8. The smallest absolute Gasteiger partial charge is 0.263 e. The van der Waals surface area contributed by atoms with E-state index in [0.29, 0.717) is 11.7 Å². The van der Waals surface area contributed by atoms with Gasteiger partial charge in [-0.15, -0.1) is 11.3 Å². The quantitative estimate of drug-likeness (QED) is 0.583. The minimum atomic E-state index is -3.71. The number of thiazole rings is 1. The third kappa shape index (κ3) is 3.84. The Morgan fingerprint density at radius 2 is 1.90 bits per heavy atom. The first-order valence-electron chi connectivity index (χ1n) is 10.0. The number of nitrogens with zero attached hydrogens (tertiary/aromatic N) is 2. The molecule has 0 spiro atoms. The number of carbonyl (C=O) groups is 1. The molecule has 1 aliphatic heterocycles. The molecule has 3 aromatic rings. The zero-order valence-electron chi connectivity index (χ0n) is 16.5. The Hall–Kier alpha value is -2.42. The van der Waals surface area contributed by atoms with Crippen LogP contribution >= 0.6 is 22.9 Å². The molecule has 1 saturated heterocycles. The second kappa shape index (κ2) is 7.93. The average Bonchev–Trinajstić information content (AvgIpc) is 3.48. The topological polar surface area (TPSA) is 79.4 Å². The fourth-order valence-corrected chi connectivity index (χ4v) is 6.61. The number of nitrogens with one attached hydrogen (secondary N) is 1. The maximum atomic E-state index is 13.2. The van der Waals surface area contributed by atoms with Gasteiger partial charge in [-0.3, -0.25) is 9.52 Å². The summed E-state index contributed by atoms with van der Waals surface area (Å²) >= 11 is 7.34. The van der Waals surface area contributed by atoms with Gasteiger partial charge in [-0.1, -0.05) is 17.7 Å². The lowest BCUT2D eigenvalue weighted by Crippen LogP contribution is -2.29. The summed E-state index contributed by atoms with van der Waals surface area (Å²) in [6, 6.07) is 12.4. The van der Waals surface area contributed by atoms with Crippen molar-refractivity contribution < 1.29 is 13.2 Å². The summed E-state index contributed by atoms with van der Waals surface area (Å²) in [5.41, 5.74) is 3.19. The number of sulfonamides is 1. The highest BCUT2D eigenvalue weighted by Gasteiger charge is 2.41. The van der Waals surface area contributed by atoms with Crippen LogP contribution in [0.4, 0.5) is 10.8 Å². The van der Waals surface area contributed by atoms with Crippen molar-refractivity contribution in [2.75, 3.05) is 16.2 Å². The highest BCUT2D eigenvalue weighted by molar-refractivity contribution is 7.93. The van der Waals surface area contributed by atoms with Gasteiger partial charge in [-0.25, -0.2) is 13.4 Å². The van der Waals surface area contributed by atoms with Gasteiger partial charge in [0.2, 0.25) is 5.91 Å². The number of halogens is 1. The first kappa shape index (κ1) is 20.5. The molecule has 31 heavy (non-hydrogen) atoms. The van der Waals surface area contributed by atoms with E-state index in [2.05, 4.69) is 15.8 Å². The first-order chi connectivity index (χ1) is 14.9. The number of anilines is 2. The molecular formula is C22H20ClN3O3S2. The van der Waals surface area contributed by atoms with Crippen molar-refractivity contribution >= 4 is 49.7 Å². The van der Waals surface area contributed by atoms with Crippen LogP contribution in [0.1, 0.15) is 29.9 Å². The maximum Gasteiger partial charge on any atom is 0.263 e. The van der Waals surface area contributed by atoms with Crippen LogP contribution in [0, 0.1) is 5.92 Å². The Morgan fingerprint density at radius 3 is 2.65 bits per heavy atom. The number of aromatic nitrogens is 1. The third-order valence-corrected chi connectivity index (χ3v) is 8.48. The van der Waals surface area contributed by atoms with E-state index < -0.39 is 10.0 Å². The fraction of sp³-hybridized carbons (Fsp3) is 0.273. The van der Waals surface area contributed by atoms with Crippen LogP contribution in [0.25, 0.3) is 0 Å². The Labute approximate surface area is 189 Å². The fourth-order valence-electron chi connectivity index (χ4n) is 4.62. The molecule has 160 valence electrons. The van der Waals surface area contributed by atoms with Gasteiger partial charge >= 0.3 is 0 Å². The van der Waals surface area contributed by atoms with Gasteiger partial charge < -0.3 is 4.90 Å². The average molecular weight is 474 g/mol. The van der Waals surface area contributed by atoms with E-state index in [1.54, 1.807) is 28.6 Å². The predicted octanol–water partition coefficient (Wildman–Crippen LogP) is 4.68. The van der Waals surface area contributed by atoms with Crippen LogP contribution < -0.4 is 9.62 Å². The van der Waals surface area contributed by atoms with Crippen LogP contribution in [-0.4, -0.2) is 25.9 Å². The summed E-state index contributed by atoms with van der Waals surface area (Å²) in [4.78, 5) is 19.1. The highest BCUT2D eigenvalue weighted by Crippen LogP contribution is 2.44. The standard InChI is InChI=1S/C22H20ClN3O3S2/c23-15-2-8-18-14(13-15)1-7-19(18)20-9-11-26(21(20)27)16-3-5-17(6-4-16)31(28,29)25-22-24-10-12-30-22/h2-6,8,10,12-13,19-20H,1,7,9,11H2,(H,24,25)/t19-,20?/m0/s1. The zero-order valence-corrected chi connectivity index (χ0v) is 18.9. The molecule has 9 heteroatoms. The Kier molecular flexibility index (Phi) is 5.24. The van der Waals surface area contributed by atoms with E-state index in [-0.39, 0.29) is 22.6 Å². The molecule has 1 amide bonds. The van der Waals surface area contributed by atoms with Crippen molar-refractivity contribution in [3.8, 4) is 0 Å². The molecule has 2 aromatic carbocycles. The lowest BCUT2D eigenvalue weighted by Gasteiger charge is -2.21. The number of rotatable bonds is 5. The number of amides is 1. The molecule has 5 rings (SSSR count). The van der Waals surface area contributed by atoms with Crippen molar-refractivity contribution in [1.29, 1.82) is 0 Å². The highest BCUT2D eigenvalue weighted by atomic mass is 35.5. The molecule has 1 aromatic heterocycles. The molecule has 2 aliphatic rings. The second-order valence-corrected chi connectivity index (χ2v) is 10.8. The van der Waals surface area contributed by atoms with Crippen LogP contribution in [0.3, 0.4) is 0 Å². The summed E-state index contributed by atoms with van der Waals surface area (Å²) in [7, 11) is -3.71. The molecule has 2 heterocycles. The summed E-state index contributed by atoms with van der Waals surface area (Å²) in [5.74, 6) is 0.258. The van der Waals surface area contributed by atoms with Crippen molar-refractivity contribution in [2.45, 2.75) is 30.1 Å². The van der Waals surface area contributed by atoms with Crippen LogP contribution in [0.5, 0.6) is 0 Å². The minimum absolute atomic E-state index is 0.0580. The van der Waals surface area contributed by atoms with Gasteiger partial charge in [0.05, 0.1) is 4.90 Å². The second-order valence-electron chi connectivity index (χ2n) is 7.81. The van der Waals surface area contributed by atoms with Crippen molar-refractivity contribution in [1.82, 2.24) is 4.98 Å². The monoisotopic (exact) mass is 473 g/mol. The van der Waals surface area contributed by atoms with Crippen LogP contribution in [0.15, 0.2) is 58.9 Å². The third-order valence-electron chi connectivity index (χ3n) is 6.07. The predicted molar refractivity (Wildman–Crippen MR) is 122 cm³/mol. The molecular weight excluding hydrogens is 454 g/mol. The van der Waals surface area contributed by atoms with E-state index in [0.717, 1.165) is 30.0 Å². The van der Waals surface area contributed by atoms with E-state index in [9.17, 15) is 13.2 Å². The molecule has 0 saturated carbocycles. The summed E-state index contributed by atoms with van der Waals surface area (Å²) in [6.07, 6.45) is 4.23. The molecule has 1 unspecified atom stereocenters. The number of aryl methyl sites for hydroxylation is 1. The van der Waals surface area contributed by atoms with E-state index in [1.807, 2.05) is 12.1 Å². The van der Waals surface area contributed by atoms with Gasteiger partial charge in [0.1, 0.15) is 0 Å². The maximum absolute atomic E-state index is 13.2. The number of fused-ring (bicyclic) bond motifs is 1. The van der Waals surface area contributed by atoms with E-state index in [1.165, 1.54) is 34.6 Å². The molecule has 2 atom stereocenters. The van der Waals surface area contributed by atoms with Gasteiger partial charge in [0, 0.05) is 34.7 Å². The summed E-state index contributed by atoms with van der Waals surface area (Å²) in [6.45, 7) is 0.631. The lowest BCUT2D eigenvalue weighted by molar-refractivity contribution is -0.121. The van der Waals surface area contributed by atoms with Crippen molar-refractivity contribution in [3.05, 3.63) is 70.2 Å². The zero-order chi connectivity index (χ0) is 21.6. The van der Waals surface area contributed by atoms with Crippen LogP contribution in [0.2, 0.25) is 5.02 Å². The summed E-state index contributed by atoms with van der Waals surface area (Å²) in [5, 5.41) is 2.76. The number of benzene rings is 2. The van der Waals surface area contributed by atoms with Gasteiger partial charge in [0.15, 0.2) is 5.13 Å². The minimum Gasteiger partial charge on any atom is -0.312 e. The number of hydrogen-bond acceptors (Lipinski definition) is 5. The molecule has 0 bridgehead atoms. The van der Waals surface area contributed by atoms with Crippen molar-refractivity contribution in [3.63, 3.8) is 0 Å².